The van der Waals surface area contributed by atoms with Crippen LogP contribution in [0.2, 0.25) is 0 Å². The number of benzene rings is 1. The second-order valence-corrected chi connectivity index (χ2v) is 7.93. The van der Waals surface area contributed by atoms with Crippen LogP contribution in [0.5, 0.6) is 0 Å². The van der Waals surface area contributed by atoms with Crippen molar-refractivity contribution < 1.29 is 12.6 Å². The molecular weight excluding hydrogens is 296 g/mol. The van der Waals surface area contributed by atoms with Crippen LogP contribution in [0.3, 0.4) is 0 Å². The van der Waals surface area contributed by atoms with Gasteiger partial charge in [-0.25, -0.2) is 13.1 Å². The second-order valence-electron chi connectivity index (χ2n) is 4.61. The minimum Gasteiger partial charge on any atom is -0.313 e. The quantitative estimate of drug-likeness (QED) is 0.702. The molecule has 0 aliphatic heterocycles. The van der Waals surface area contributed by atoms with Crippen LogP contribution in [0.25, 0.3) is 0 Å². The van der Waals surface area contributed by atoms with Gasteiger partial charge in [-0.05, 0) is 38.1 Å². The standard InChI is InChI=1S/C13H22N2O3S2/c1-11(14-2)12-5-7-13(8-6-12)20(17,18)15-9-4-10-19(3)16/h5-8,11,14-15H,4,9-10H2,1-3H3. The first-order valence-electron chi connectivity index (χ1n) is 6.43. The van der Waals surface area contributed by atoms with Crippen molar-refractivity contribution in [3.8, 4) is 0 Å². The van der Waals surface area contributed by atoms with Crippen LogP contribution in [0.4, 0.5) is 0 Å². The average molecular weight is 318 g/mol. The topological polar surface area (TPSA) is 75.3 Å². The highest BCUT2D eigenvalue weighted by Crippen LogP contribution is 2.15. The van der Waals surface area contributed by atoms with Crippen molar-refractivity contribution in [3.05, 3.63) is 29.8 Å². The lowest BCUT2D eigenvalue weighted by Gasteiger charge is -2.11. The minimum absolute atomic E-state index is 0.180. The summed E-state index contributed by atoms with van der Waals surface area (Å²) in [6, 6.07) is 6.99. The fraction of sp³-hybridized carbons (Fsp3) is 0.538. The Morgan fingerprint density at radius 1 is 1.25 bits per heavy atom. The zero-order valence-electron chi connectivity index (χ0n) is 12.0. The minimum atomic E-state index is -3.48. The molecule has 0 spiro atoms. The van der Waals surface area contributed by atoms with Crippen molar-refractivity contribution in [2.45, 2.75) is 24.3 Å². The van der Waals surface area contributed by atoms with Crippen LogP contribution in [-0.4, -0.2) is 38.2 Å². The zero-order valence-corrected chi connectivity index (χ0v) is 13.7. The monoisotopic (exact) mass is 318 g/mol. The fourth-order valence-corrected chi connectivity index (χ4v) is 3.29. The summed E-state index contributed by atoms with van der Waals surface area (Å²) < 4.78 is 37.5. The molecular formula is C13H22N2O3S2. The molecule has 2 atom stereocenters. The van der Waals surface area contributed by atoms with Gasteiger partial charge in [0.05, 0.1) is 4.90 Å². The maximum absolute atomic E-state index is 12.0. The van der Waals surface area contributed by atoms with Crippen molar-refractivity contribution in [1.82, 2.24) is 10.0 Å². The molecule has 7 heteroatoms. The number of hydrogen-bond donors (Lipinski definition) is 2. The molecule has 114 valence electrons. The van der Waals surface area contributed by atoms with Crippen molar-refractivity contribution >= 4 is 20.8 Å². The highest BCUT2D eigenvalue weighted by atomic mass is 32.2. The Bertz CT molecular complexity index is 541. The van der Waals surface area contributed by atoms with Crippen LogP contribution in [0.15, 0.2) is 29.2 Å². The van der Waals surface area contributed by atoms with Gasteiger partial charge in [0.1, 0.15) is 0 Å². The normalized spacial score (nSPS) is 14.9. The lowest BCUT2D eigenvalue weighted by Crippen LogP contribution is -2.25. The lowest BCUT2D eigenvalue weighted by molar-refractivity contribution is 0.580. The Kier molecular flexibility index (Phi) is 6.81. The van der Waals surface area contributed by atoms with Crippen LogP contribution in [0, 0.1) is 0 Å². The van der Waals surface area contributed by atoms with E-state index in [4.69, 9.17) is 0 Å². The van der Waals surface area contributed by atoms with Crippen LogP contribution >= 0.6 is 0 Å². The van der Waals surface area contributed by atoms with Gasteiger partial charge in [0.15, 0.2) is 0 Å². The summed E-state index contributed by atoms with van der Waals surface area (Å²) in [5.74, 6) is 0.501. The Balaban J connectivity index is 2.65. The molecule has 2 unspecified atom stereocenters. The molecule has 0 radical (unpaired) electrons. The van der Waals surface area contributed by atoms with E-state index in [0.29, 0.717) is 18.7 Å². The summed E-state index contributed by atoms with van der Waals surface area (Å²) in [6.07, 6.45) is 2.17. The zero-order chi connectivity index (χ0) is 15.2. The molecule has 0 amide bonds. The van der Waals surface area contributed by atoms with Gasteiger partial charge in [0.25, 0.3) is 0 Å². The molecule has 2 N–H and O–H groups in total. The van der Waals surface area contributed by atoms with Gasteiger partial charge in [0.2, 0.25) is 10.0 Å². The molecule has 0 aliphatic carbocycles. The van der Waals surface area contributed by atoms with E-state index in [1.54, 1.807) is 30.5 Å². The first-order valence-corrected chi connectivity index (χ1v) is 9.65. The van der Waals surface area contributed by atoms with Gasteiger partial charge in [-0.1, -0.05) is 12.1 Å². The van der Waals surface area contributed by atoms with Gasteiger partial charge >= 0.3 is 0 Å². The molecule has 1 aromatic carbocycles. The van der Waals surface area contributed by atoms with Crippen molar-refractivity contribution in [2.75, 3.05) is 25.6 Å². The van der Waals surface area contributed by atoms with Crippen LogP contribution < -0.4 is 10.0 Å². The SMILES string of the molecule is CNC(C)c1ccc(S(=O)(=O)NCCCS(C)=O)cc1. The Labute approximate surface area is 123 Å². The largest absolute Gasteiger partial charge is 0.313 e. The van der Waals surface area contributed by atoms with Gasteiger partial charge < -0.3 is 5.32 Å². The van der Waals surface area contributed by atoms with Gasteiger partial charge in [-0.3, -0.25) is 4.21 Å². The third kappa shape index (κ3) is 5.32. The summed E-state index contributed by atoms with van der Waals surface area (Å²) in [5, 5.41) is 3.10. The van der Waals surface area contributed by atoms with Crippen molar-refractivity contribution in [3.63, 3.8) is 0 Å². The molecule has 20 heavy (non-hydrogen) atoms. The lowest BCUT2D eigenvalue weighted by atomic mass is 10.1. The van der Waals surface area contributed by atoms with E-state index in [-0.39, 0.29) is 10.9 Å². The van der Waals surface area contributed by atoms with E-state index in [0.717, 1.165) is 5.56 Å². The summed E-state index contributed by atoms with van der Waals surface area (Å²) in [5.41, 5.74) is 1.04. The second kappa shape index (κ2) is 7.87. The molecule has 0 aromatic heterocycles. The van der Waals surface area contributed by atoms with Crippen LogP contribution in [0.1, 0.15) is 24.9 Å². The molecule has 0 saturated carbocycles. The molecule has 0 fully saturated rings. The van der Waals surface area contributed by atoms with E-state index in [1.807, 2.05) is 14.0 Å². The highest BCUT2D eigenvalue weighted by molar-refractivity contribution is 7.89. The molecule has 5 nitrogen and oxygen atoms in total. The summed E-state index contributed by atoms with van der Waals surface area (Å²) in [4.78, 5) is 0.252. The van der Waals surface area contributed by atoms with E-state index in [1.165, 1.54) is 0 Å². The predicted octanol–water partition coefficient (Wildman–Crippen LogP) is 1.01. The van der Waals surface area contributed by atoms with E-state index in [2.05, 4.69) is 10.0 Å². The summed E-state index contributed by atoms with van der Waals surface area (Å²) in [7, 11) is -2.51. The van der Waals surface area contributed by atoms with Gasteiger partial charge in [0, 0.05) is 35.4 Å². The Hall–Kier alpha value is -0.760. The highest BCUT2D eigenvalue weighted by Gasteiger charge is 2.13. The third-order valence-electron chi connectivity index (χ3n) is 3.02. The maximum Gasteiger partial charge on any atom is 0.240 e. The van der Waals surface area contributed by atoms with E-state index >= 15 is 0 Å². The van der Waals surface area contributed by atoms with Crippen molar-refractivity contribution in [1.29, 1.82) is 0 Å². The predicted molar refractivity (Wildman–Crippen MR) is 82.7 cm³/mol. The van der Waals surface area contributed by atoms with Crippen molar-refractivity contribution in [2.24, 2.45) is 0 Å². The molecule has 0 aliphatic rings. The van der Waals surface area contributed by atoms with Gasteiger partial charge in [-0.2, -0.15) is 0 Å². The maximum atomic E-state index is 12.0. The molecule has 1 aromatic rings. The number of rotatable bonds is 8. The Morgan fingerprint density at radius 2 is 1.85 bits per heavy atom. The first-order chi connectivity index (χ1) is 9.36. The fourth-order valence-electron chi connectivity index (χ4n) is 1.67. The average Bonchev–Trinajstić information content (AvgIpc) is 2.43. The smallest absolute Gasteiger partial charge is 0.240 e. The number of sulfonamides is 1. The summed E-state index contributed by atoms with van der Waals surface area (Å²) >= 11 is 0. The number of hydrogen-bond acceptors (Lipinski definition) is 4. The van der Waals surface area contributed by atoms with Gasteiger partial charge in [-0.15, -0.1) is 0 Å². The molecule has 0 saturated heterocycles. The molecule has 0 bridgehead atoms. The molecule has 0 heterocycles. The summed E-state index contributed by atoms with van der Waals surface area (Å²) in [6.45, 7) is 2.31. The Morgan fingerprint density at radius 3 is 2.35 bits per heavy atom. The number of nitrogens with one attached hydrogen (secondary N) is 2. The van der Waals surface area contributed by atoms with E-state index in [9.17, 15) is 12.6 Å². The van der Waals surface area contributed by atoms with Crippen LogP contribution in [-0.2, 0) is 20.8 Å². The van der Waals surface area contributed by atoms with E-state index < -0.39 is 20.8 Å². The molecule has 1 rings (SSSR count). The first kappa shape index (κ1) is 17.3. The third-order valence-corrected chi connectivity index (χ3v) is 5.36.